The quantitative estimate of drug-likeness (QED) is 0.776. The number of morpholine rings is 1. The second-order valence-corrected chi connectivity index (χ2v) is 5.34. The summed E-state index contributed by atoms with van der Waals surface area (Å²) in [6.07, 6.45) is 1.70. The van der Waals surface area contributed by atoms with Gasteiger partial charge < -0.3 is 4.74 Å². The molecule has 1 heterocycles. The van der Waals surface area contributed by atoms with Gasteiger partial charge in [0, 0.05) is 31.6 Å². The molecule has 2 rings (SSSR count). The molecule has 0 amide bonds. The first-order valence-electron chi connectivity index (χ1n) is 7.23. The van der Waals surface area contributed by atoms with Crippen LogP contribution in [0.4, 0.5) is 4.39 Å². The van der Waals surface area contributed by atoms with E-state index in [0.29, 0.717) is 24.1 Å². The topological polar surface area (TPSA) is 29.5 Å². The molecule has 1 atom stereocenters. The van der Waals surface area contributed by atoms with Crippen molar-refractivity contribution in [3.63, 3.8) is 0 Å². The van der Waals surface area contributed by atoms with Crippen molar-refractivity contribution in [2.75, 3.05) is 26.2 Å². The predicted octanol–water partition coefficient (Wildman–Crippen LogP) is 2.82. The van der Waals surface area contributed by atoms with Crippen LogP contribution in [-0.2, 0) is 4.74 Å². The summed E-state index contributed by atoms with van der Waals surface area (Å²) in [5, 5.41) is 0. The van der Waals surface area contributed by atoms with Gasteiger partial charge in [-0.15, -0.1) is 0 Å². The number of ether oxygens (including phenoxy) is 1. The Hall–Kier alpha value is -1.26. The highest BCUT2D eigenvalue weighted by Crippen LogP contribution is 2.13. The van der Waals surface area contributed by atoms with Crippen LogP contribution in [0.1, 0.15) is 35.7 Å². The van der Waals surface area contributed by atoms with Crippen LogP contribution in [0.15, 0.2) is 18.2 Å². The Morgan fingerprint density at radius 3 is 3.00 bits per heavy atom. The van der Waals surface area contributed by atoms with Crippen molar-refractivity contribution < 1.29 is 13.9 Å². The maximum Gasteiger partial charge on any atom is 0.164 e. The second-order valence-electron chi connectivity index (χ2n) is 5.34. The Kier molecular flexibility index (Phi) is 5.26. The number of halogens is 1. The van der Waals surface area contributed by atoms with Gasteiger partial charge in [-0.1, -0.05) is 19.1 Å². The van der Waals surface area contributed by atoms with Crippen LogP contribution in [0.3, 0.4) is 0 Å². The Bertz CT molecular complexity index is 476. The first kappa shape index (κ1) is 15.1. The lowest BCUT2D eigenvalue weighted by Crippen LogP contribution is -2.42. The number of aryl methyl sites for hydroxylation is 1. The first-order chi connectivity index (χ1) is 9.60. The minimum atomic E-state index is -0.312. The summed E-state index contributed by atoms with van der Waals surface area (Å²) in [4.78, 5) is 14.3. The average Bonchev–Trinajstić information content (AvgIpc) is 2.47. The maximum atomic E-state index is 13.5. The van der Waals surface area contributed by atoms with Gasteiger partial charge in [0.05, 0.1) is 12.7 Å². The number of carbonyl (C=O) groups is 1. The number of Topliss-reactive ketones (excluding diaryl/α,β-unsaturated/α-hetero) is 1. The molecule has 0 N–H and O–H groups in total. The van der Waals surface area contributed by atoms with E-state index in [1.807, 2.05) is 0 Å². The fourth-order valence-electron chi connectivity index (χ4n) is 2.40. The molecule has 110 valence electrons. The maximum absolute atomic E-state index is 13.5. The third-order valence-electron chi connectivity index (χ3n) is 3.83. The van der Waals surface area contributed by atoms with Crippen LogP contribution < -0.4 is 0 Å². The van der Waals surface area contributed by atoms with Crippen LogP contribution in [0.25, 0.3) is 0 Å². The lowest BCUT2D eigenvalue weighted by molar-refractivity contribution is -0.0293. The summed E-state index contributed by atoms with van der Waals surface area (Å²) in [6, 6.07) is 4.70. The van der Waals surface area contributed by atoms with Crippen molar-refractivity contribution >= 4 is 5.78 Å². The number of hydrogen-bond acceptors (Lipinski definition) is 3. The minimum Gasteiger partial charge on any atom is -0.376 e. The molecule has 0 bridgehead atoms. The molecule has 1 aromatic carbocycles. The molecule has 1 unspecified atom stereocenters. The number of rotatable bonds is 5. The highest BCUT2D eigenvalue weighted by molar-refractivity contribution is 5.96. The van der Waals surface area contributed by atoms with Gasteiger partial charge in [0.25, 0.3) is 0 Å². The molecule has 4 heteroatoms. The Morgan fingerprint density at radius 1 is 1.50 bits per heavy atom. The molecule has 3 nitrogen and oxygen atoms in total. The number of hydrogen-bond donors (Lipinski definition) is 0. The normalized spacial score (nSPS) is 20.1. The van der Waals surface area contributed by atoms with E-state index >= 15 is 0 Å². The van der Waals surface area contributed by atoms with E-state index in [-0.39, 0.29) is 17.7 Å². The van der Waals surface area contributed by atoms with E-state index in [2.05, 4.69) is 11.8 Å². The zero-order valence-corrected chi connectivity index (χ0v) is 12.2. The van der Waals surface area contributed by atoms with Gasteiger partial charge >= 0.3 is 0 Å². The molecule has 1 aromatic rings. The van der Waals surface area contributed by atoms with Crippen molar-refractivity contribution in [2.45, 2.75) is 32.8 Å². The van der Waals surface area contributed by atoms with E-state index in [0.717, 1.165) is 26.1 Å². The zero-order chi connectivity index (χ0) is 14.5. The third kappa shape index (κ3) is 3.87. The molecule has 0 saturated carbocycles. The molecular weight excluding hydrogens is 257 g/mol. The Balaban J connectivity index is 1.87. The predicted molar refractivity (Wildman–Crippen MR) is 76.6 cm³/mol. The van der Waals surface area contributed by atoms with Crippen LogP contribution in [0.5, 0.6) is 0 Å². The fourth-order valence-corrected chi connectivity index (χ4v) is 2.40. The number of ketones is 1. The van der Waals surface area contributed by atoms with Crippen molar-refractivity contribution in [3.05, 3.63) is 35.1 Å². The van der Waals surface area contributed by atoms with E-state index in [9.17, 15) is 9.18 Å². The second kappa shape index (κ2) is 6.95. The van der Waals surface area contributed by atoms with Crippen molar-refractivity contribution in [2.24, 2.45) is 0 Å². The summed E-state index contributed by atoms with van der Waals surface area (Å²) >= 11 is 0. The summed E-state index contributed by atoms with van der Waals surface area (Å²) in [7, 11) is 0. The molecule has 0 spiro atoms. The van der Waals surface area contributed by atoms with Gasteiger partial charge in [-0.3, -0.25) is 9.69 Å². The van der Waals surface area contributed by atoms with Crippen molar-refractivity contribution in [1.29, 1.82) is 0 Å². The largest absolute Gasteiger partial charge is 0.376 e. The lowest BCUT2D eigenvalue weighted by atomic mass is 10.1. The van der Waals surface area contributed by atoms with Gasteiger partial charge in [-0.2, -0.15) is 0 Å². The first-order valence-corrected chi connectivity index (χ1v) is 7.23. The standard InChI is InChI=1S/C16H22FNO2/c1-3-14-11-18(8-9-20-14)7-6-16(19)13-5-4-12(2)15(17)10-13/h4-5,10,14H,3,6-9,11H2,1-2H3. The van der Waals surface area contributed by atoms with Crippen LogP contribution in [0.2, 0.25) is 0 Å². The van der Waals surface area contributed by atoms with Gasteiger partial charge in [-0.25, -0.2) is 4.39 Å². The SMILES string of the molecule is CCC1CN(CCC(=O)c2ccc(C)c(F)c2)CCO1. The summed E-state index contributed by atoms with van der Waals surface area (Å²) in [5.74, 6) is -0.309. The Morgan fingerprint density at radius 2 is 2.30 bits per heavy atom. The fraction of sp³-hybridized carbons (Fsp3) is 0.562. The van der Waals surface area contributed by atoms with E-state index < -0.39 is 0 Å². The van der Waals surface area contributed by atoms with Crippen LogP contribution in [0, 0.1) is 12.7 Å². The average molecular weight is 279 g/mol. The molecule has 1 saturated heterocycles. The van der Waals surface area contributed by atoms with Gasteiger partial charge in [0.1, 0.15) is 5.82 Å². The highest BCUT2D eigenvalue weighted by atomic mass is 19.1. The molecular formula is C16H22FNO2. The molecule has 1 fully saturated rings. The third-order valence-corrected chi connectivity index (χ3v) is 3.83. The summed E-state index contributed by atoms with van der Waals surface area (Å²) in [5.41, 5.74) is 1.04. The smallest absolute Gasteiger partial charge is 0.164 e. The van der Waals surface area contributed by atoms with Crippen LogP contribution in [-0.4, -0.2) is 43.0 Å². The van der Waals surface area contributed by atoms with Gasteiger partial charge in [0.15, 0.2) is 5.78 Å². The zero-order valence-electron chi connectivity index (χ0n) is 12.2. The minimum absolute atomic E-state index is 0.00319. The molecule has 1 aliphatic rings. The van der Waals surface area contributed by atoms with E-state index in [1.165, 1.54) is 6.07 Å². The monoisotopic (exact) mass is 279 g/mol. The van der Waals surface area contributed by atoms with Crippen molar-refractivity contribution in [1.82, 2.24) is 4.90 Å². The number of nitrogens with zero attached hydrogens (tertiary/aromatic N) is 1. The summed E-state index contributed by atoms with van der Waals surface area (Å²) < 4.78 is 19.1. The Labute approximate surface area is 119 Å². The van der Waals surface area contributed by atoms with Gasteiger partial charge in [-0.05, 0) is 25.0 Å². The van der Waals surface area contributed by atoms with Gasteiger partial charge in [0.2, 0.25) is 0 Å². The number of carbonyl (C=O) groups excluding carboxylic acids is 1. The molecule has 20 heavy (non-hydrogen) atoms. The van der Waals surface area contributed by atoms with Crippen LogP contribution >= 0.6 is 0 Å². The molecule has 1 aliphatic heterocycles. The highest BCUT2D eigenvalue weighted by Gasteiger charge is 2.19. The van der Waals surface area contributed by atoms with Crippen molar-refractivity contribution in [3.8, 4) is 0 Å². The number of benzene rings is 1. The molecule has 0 aromatic heterocycles. The molecule has 0 radical (unpaired) electrons. The lowest BCUT2D eigenvalue weighted by Gasteiger charge is -2.32. The van der Waals surface area contributed by atoms with E-state index in [4.69, 9.17) is 4.74 Å². The van der Waals surface area contributed by atoms with E-state index in [1.54, 1.807) is 19.1 Å². The molecule has 0 aliphatic carbocycles. The summed E-state index contributed by atoms with van der Waals surface area (Å²) in [6.45, 7) is 6.99.